The topological polar surface area (TPSA) is 109 Å². The monoisotopic (exact) mass is 662 g/mol. The number of nitrogens with one attached hydrogen (secondary N) is 2. The summed E-state index contributed by atoms with van der Waals surface area (Å²) in [5.74, 6) is 0.275. The SMILES string of the molecule is CC.CCCCC(CC)CC(C)(C)OC(=O)CCCCCC(C)(C)[NH-].CNC(C)(CC(C)(C)C)C(=O)OCCO.[Y]. The number of ether oxygens (including phenoxy) is 2. The summed E-state index contributed by atoms with van der Waals surface area (Å²) in [6.07, 6.45) is 10.8. The molecular formula is C33H69N2O5Y-. The summed E-state index contributed by atoms with van der Waals surface area (Å²) in [6.45, 7) is 24.4. The Hall–Kier alpha value is -0.0761. The fourth-order valence-corrected chi connectivity index (χ4v) is 4.67. The van der Waals surface area contributed by atoms with E-state index in [4.69, 9.17) is 20.3 Å². The largest absolute Gasteiger partial charge is 0.672 e. The van der Waals surface area contributed by atoms with Crippen LogP contribution in [0.25, 0.3) is 5.73 Å². The summed E-state index contributed by atoms with van der Waals surface area (Å²) >= 11 is 0. The van der Waals surface area contributed by atoms with Crippen molar-refractivity contribution in [2.24, 2.45) is 11.3 Å². The zero-order valence-corrected chi connectivity index (χ0v) is 32.3. The number of hydrogen-bond donors (Lipinski definition) is 2. The van der Waals surface area contributed by atoms with Crippen molar-refractivity contribution in [2.45, 2.75) is 170 Å². The van der Waals surface area contributed by atoms with Gasteiger partial charge in [0.1, 0.15) is 17.7 Å². The summed E-state index contributed by atoms with van der Waals surface area (Å²) in [5.41, 5.74) is 6.46. The molecule has 8 heteroatoms. The molecule has 0 aliphatic rings. The van der Waals surface area contributed by atoms with Crippen molar-refractivity contribution in [1.29, 1.82) is 0 Å². The van der Waals surface area contributed by atoms with Gasteiger partial charge < -0.3 is 25.6 Å². The first-order valence-corrected chi connectivity index (χ1v) is 15.8. The average Bonchev–Trinajstić information content (AvgIpc) is 2.84. The number of esters is 2. The van der Waals surface area contributed by atoms with Crippen LogP contribution in [0.3, 0.4) is 0 Å². The number of likely N-dealkylation sites (N-methyl/N-ethyl adjacent to an activating group) is 1. The molecule has 2 atom stereocenters. The van der Waals surface area contributed by atoms with Gasteiger partial charge in [-0.25, -0.2) is 0 Å². The second-order valence-corrected chi connectivity index (χ2v) is 13.5. The minimum Gasteiger partial charge on any atom is -0.672 e. The van der Waals surface area contributed by atoms with Crippen molar-refractivity contribution in [1.82, 2.24) is 5.32 Å². The Morgan fingerprint density at radius 3 is 1.90 bits per heavy atom. The maximum Gasteiger partial charge on any atom is 0.326 e. The number of hydrogen-bond acceptors (Lipinski definition) is 6. The normalized spacial score (nSPS) is 13.7. The molecule has 0 aromatic carbocycles. The predicted molar refractivity (Wildman–Crippen MR) is 171 cm³/mol. The molecule has 0 aromatic heterocycles. The summed E-state index contributed by atoms with van der Waals surface area (Å²) in [5, 5.41) is 11.6. The summed E-state index contributed by atoms with van der Waals surface area (Å²) in [6, 6.07) is 0. The van der Waals surface area contributed by atoms with Crippen molar-refractivity contribution in [3.05, 3.63) is 5.73 Å². The first-order valence-electron chi connectivity index (χ1n) is 15.8. The predicted octanol–water partition coefficient (Wildman–Crippen LogP) is 8.66. The van der Waals surface area contributed by atoms with Crippen LogP contribution in [0.4, 0.5) is 0 Å². The Kier molecular flexibility index (Phi) is 29.5. The van der Waals surface area contributed by atoms with Crippen molar-refractivity contribution in [3.8, 4) is 0 Å². The molecule has 0 bridgehead atoms. The summed E-state index contributed by atoms with van der Waals surface area (Å²) in [4.78, 5) is 23.8. The van der Waals surface area contributed by atoms with Gasteiger partial charge in [-0.3, -0.25) is 9.59 Å². The molecule has 41 heavy (non-hydrogen) atoms. The Labute approximate surface area is 280 Å². The molecule has 0 aliphatic carbocycles. The molecule has 0 spiro atoms. The maximum absolute atomic E-state index is 12.0. The number of unbranched alkanes of at least 4 members (excludes halogenated alkanes) is 3. The van der Waals surface area contributed by atoms with E-state index in [1.807, 2.05) is 48.5 Å². The van der Waals surface area contributed by atoms with Gasteiger partial charge in [0.25, 0.3) is 0 Å². The summed E-state index contributed by atoms with van der Waals surface area (Å²) in [7, 11) is 1.74. The van der Waals surface area contributed by atoms with Crippen molar-refractivity contribution in [3.63, 3.8) is 0 Å². The molecule has 0 saturated heterocycles. The van der Waals surface area contributed by atoms with Crippen LogP contribution in [0.15, 0.2) is 0 Å². The van der Waals surface area contributed by atoms with Crippen LogP contribution in [0.1, 0.15) is 154 Å². The van der Waals surface area contributed by atoms with Crippen LogP contribution in [0.5, 0.6) is 0 Å². The second-order valence-electron chi connectivity index (χ2n) is 13.5. The third kappa shape index (κ3) is 29.8. The Balaban J connectivity index is -0.000000330. The average molecular weight is 663 g/mol. The standard InChI is InChI=1S/C20H40NO2.C11H23NO3.C2H6.Y/c1-7-9-13-17(8-2)16-20(5,6)23-18(22)14-11-10-12-15-19(3,4)21;1-10(2,3)8-11(4,12-5)9(14)15-7-6-13;1-2;/h17,21H,7-16H2,1-6H3;12-13H,6-8H2,1-5H3;1-2H3;/q-1;;;. The van der Waals surface area contributed by atoms with Gasteiger partial charge in [-0.05, 0) is 58.4 Å². The van der Waals surface area contributed by atoms with Crippen molar-refractivity contribution >= 4 is 11.9 Å². The number of carbonyl (C=O) groups is 2. The van der Waals surface area contributed by atoms with Gasteiger partial charge >= 0.3 is 11.9 Å². The second kappa shape index (κ2) is 25.3. The van der Waals surface area contributed by atoms with E-state index in [1.54, 1.807) is 7.05 Å². The first-order chi connectivity index (χ1) is 18.3. The van der Waals surface area contributed by atoms with Crippen LogP contribution in [0.2, 0.25) is 0 Å². The van der Waals surface area contributed by atoms with E-state index in [9.17, 15) is 9.59 Å². The molecule has 0 aromatic rings. The van der Waals surface area contributed by atoms with E-state index >= 15 is 0 Å². The van der Waals surface area contributed by atoms with E-state index in [-0.39, 0.29) is 74.4 Å². The molecular weight excluding hydrogens is 593 g/mol. The van der Waals surface area contributed by atoms with Gasteiger partial charge in [0.2, 0.25) is 0 Å². The molecule has 3 N–H and O–H groups in total. The van der Waals surface area contributed by atoms with Gasteiger partial charge in [-0.2, -0.15) is 0 Å². The number of carbonyl (C=O) groups excluding carboxylic acids is 2. The molecule has 7 nitrogen and oxygen atoms in total. The van der Waals surface area contributed by atoms with Crippen LogP contribution in [0, 0.1) is 11.3 Å². The fourth-order valence-electron chi connectivity index (χ4n) is 4.67. The van der Waals surface area contributed by atoms with Crippen LogP contribution in [-0.4, -0.2) is 54.0 Å². The van der Waals surface area contributed by atoms with Gasteiger partial charge in [-0.15, -0.1) is 5.54 Å². The Bertz CT molecular complexity index is 645. The van der Waals surface area contributed by atoms with E-state index in [0.717, 1.165) is 38.5 Å². The van der Waals surface area contributed by atoms with E-state index in [0.29, 0.717) is 18.8 Å². The number of aliphatic hydroxyl groups excluding tert-OH is 1. The molecule has 0 amide bonds. The zero-order chi connectivity index (χ0) is 32.0. The Morgan fingerprint density at radius 2 is 1.49 bits per heavy atom. The number of rotatable bonds is 18. The third-order valence-electron chi connectivity index (χ3n) is 6.61. The zero-order valence-electron chi connectivity index (χ0n) is 29.4. The fraction of sp³-hybridized carbons (Fsp3) is 0.939. The molecule has 245 valence electrons. The molecule has 1 radical (unpaired) electrons. The Morgan fingerprint density at radius 1 is 0.927 bits per heavy atom. The molecule has 0 rings (SSSR count). The van der Waals surface area contributed by atoms with E-state index < -0.39 is 5.54 Å². The quantitative estimate of drug-likeness (QED) is 0.112. The van der Waals surface area contributed by atoms with Gasteiger partial charge in [0.05, 0.1) is 6.61 Å². The molecule has 0 fully saturated rings. The molecule has 2 unspecified atom stereocenters. The van der Waals surface area contributed by atoms with E-state index in [2.05, 4.69) is 39.9 Å². The smallest absolute Gasteiger partial charge is 0.326 e. The van der Waals surface area contributed by atoms with Gasteiger partial charge in [0, 0.05) is 39.1 Å². The van der Waals surface area contributed by atoms with Crippen LogP contribution < -0.4 is 5.32 Å². The van der Waals surface area contributed by atoms with Crippen molar-refractivity contribution in [2.75, 3.05) is 20.3 Å². The van der Waals surface area contributed by atoms with Crippen LogP contribution >= 0.6 is 0 Å². The van der Waals surface area contributed by atoms with Crippen molar-refractivity contribution < 1.29 is 56.9 Å². The third-order valence-corrected chi connectivity index (χ3v) is 6.61. The summed E-state index contributed by atoms with van der Waals surface area (Å²) < 4.78 is 10.7. The van der Waals surface area contributed by atoms with E-state index in [1.165, 1.54) is 19.3 Å². The van der Waals surface area contributed by atoms with Gasteiger partial charge in [-0.1, -0.05) is 107 Å². The number of aliphatic hydroxyl groups is 1. The first kappa shape index (κ1) is 47.8. The van der Waals surface area contributed by atoms with Gasteiger partial charge in [0.15, 0.2) is 0 Å². The van der Waals surface area contributed by atoms with Crippen LogP contribution in [-0.2, 0) is 51.8 Å². The minimum atomic E-state index is -0.687. The molecule has 0 saturated carbocycles. The molecule has 0 heterocycles. The molecule has 0 aliphatic heterocycles. The maximum atomic E-state index is 12.0. The minimum absolute atomic E-state index is 0.